The lowest BCUT2D eigenvalue weighted by Crippen LogP contribution is -2.53. The van der Waals surface area contributed by atoms with Gasteiger partial charge in [-0.3, -0.25) is 0 Å². The Kier molecular flexibility index (Phi) is 4.49. The smallest absolute Gasteiger partial charge is 0.322 e. The van der Waals surface area contributed by atoms with Gasteiger partial charge >= 0.3 is 6.03 Å². The van der Waals surface area contributed by atoms with Gasteiger partial charge in [0.05, 0.1) is 37.2 Å². The fourth-order valence-electron chi connectivity index (χ4n) is 4.59. The van der Waals surface area contributed by atoms with E-state index in [0.717, 1.165) is 37.0 Å². The summed E-state index contributed by atoms with van der Waals surface area (Å²) in [5, 5.41) is 7.89. The molecule has 1 aromatic carbocycles. The Labute approximate surface area is 182 Å². The first-order valence-electron chi connectivity index (χ1n) is 10.8. The van der Waals surface area contributed by atoms with Crippen molar-refractivity contribution in [2.45, 2.75) is 31.2 Å². The number of pyridine rings is 1. The largest absolute Gasteiger partial charge is 0.371 e. The van der Waals surface area contributed by atoms with Crippen molar-refractivity contribution in [2.24, 2.45) is 0 Å². The minimum atomic E-state index is -0.981. The number of rotatable bonds is 3. The molecule has 32 heavy (non-hydrogen) atoms. The quantitative estimate of drug-likeness (QED) is 0.678. The number of urea groups is 1. The lowest BCUT2D eigenvalue weighted by molar-refractivity contribution is 0.0305. The van der Waals surface area contributed by atoms with Crippen molar-refractivity contribution < 1.29 is 18.3 Å². The van der Waals surface area contributed by atoms with Crippen LogP contribution in [0.15, 0.2) is 36.7 Å². The summed E-state index contributed by atoms with van der Waals surface area (Å²) in [4.78, 5) is 20.3. The molecule has 1 N–H and O–H groups in total. The van der Waals surface area contributed by atoms with Crippen LogP contribution in [-0.2, 0) is 4.74 Å². The molecule has 5 heterocycles. The molecule has 0 saturated carbocycles. The van der Waals surface area contributed by atoms with Crippen LogP contribution in [0.2, 0.25) is 0 Å². The number of morpholine rings is 1. The third-order valence-corrected chi connectivity index (χ3v) is 6.32. The average molecular weight is 440 g/mol. The van der Waals surface area contributed by atoms with Crippen molar-refractivity contribution >= 4 is 28.4 Å². The van der Waals surface area contributed by atoms with Crippen molar-refractivity contribution in [3.63, 3.8) is 0 Å². The third-order valence-electron chi connectivity index (χ3n) is 6.32. The molecule has 8 nitrogen and oxygen atoms in total. The zero-order valence-corrected chi connectivity index (χ0v) is 17.2. The standard InChI is InChI=1S/C22H22F2N6O2/c23-14-9-29(10-14)22(31)26-15-1-4-19(24)20(6-15)30-8-13-5-16(7-25-21(13)27-30)28-11-17-2-3-18(12-28)32-17/h1,4-8,14,17-18H,2-3,9-12H2,(H,26,31). The highest BCUT2D eigenvalue weighted by molar-refractivity contribution is 5.90. The van der Waals surface area contributed by atoms with Gasteiger partial charge in [-0.2, -0.15) is 0 Å². The van der Waals surface area contributed by atoms with Crippen molar-refractivity contribution in [1.29, 1.82) is 0 Å². The highest BCUT2D eigenvalue weighted by atomic mass is 19.1. The number of nitrogens with zero attached hydrogens (tertiary/aromatic N) is 5. The number of nitrogens with one attached hydrogen (secondary N) is 1. The van der Waals surface area contributed by atoms with E-state index in [4.69, 9.17) is 4.74 Å². The van der Waals surface area contributed by atoms with Gasteiger partial charge in [0.1, 0.15) is 17.7 Å². The third kappa shape index (κ3) is 3.44. The minimum absolute atomic E-state index is 0.0725. The molecule has 2 aromatic heterocycles. The molecule has 0 aliphatic carbocycles. The Morgan fingerprint density at radius 1 is 1.12 bits per heavy atom. The van der Waals surface area contributed by atoms with Gasteiger partial charge in [0.25, 0.3) is 0 Å². The van der Waals surface area contributed by atoms with Gasteiger partial charge in [0, 0.05) is 30.4 Å². The minimum Gasteiger partial charge on any atom is -0.371 e. The summed E-state index contributed by atoms with van der Waals surface area (Å²) in [6.07, 6.45) is 5.26. The summed E-state index contributed by atoms with van der Waals surface area (Å²) in [5.41, 5.74) is 2.11. The van der Waals surface area contributed by atoms with Gasteiger partial charge in [-0.05, 0) is 37.1 Å². The molecule has 2 unspecified atom stereocenters. The monoisotopic (exact) mass is 440 g/mol. The van der Waals surface area contributed by atoms with E-state index in [-0.39, 0.29) is 31.0 Å². The van der Waals surface area contributed by atoms with E-state index >= 15 is 0 Å². The number of anilines is 2. The number of amides is 2. The van der Waals surface area contributed by atoms with Gasteiger partial charge in [-0.1, -0.05) is 0 Å². The molecule has 3 saturated heterocycles. The van der Waals surface area contributed by atoms with E-state index in [2.05, 4.69) is 20.3 Å². The first-order valence-corrected chi connectivity index (χ1v) is 10.8. The fourth-order valence-corrected chi connectivity index (χ4v) is 4.59. The molecule has 3 aliphatic rings. The zero-order chi connectivity index (χ0) is 21.8. The Hall–Kier alpha value is -3.27. The van der Waals surface area contributed by atoms with E-state index in [1.807, 2.05) is 6.07 Å². The lowest BCUT2D eigenvalue weighted by atomic mass is 10.2. The second-order valence-electron chi connectivity index (χ2n) is 8.64. The van der Waals surface area contributed by atoms with Crippen LogP contribution in [0, 0.1) is 5.82 Å². The van der Waals surface area contributed by atoms with Crippen LogP contribution >= 0.6 is 0 Å². The molecule has 3 aromatic rings. The van der Waals surface area contributed by atoms with E-state index < -0.39 is 18.0 Å². The van der Waals surface area contributed by atoms with Gasteiger partial charge < -0.3 is 19.9 Å². The number of alkyl halides is 1. The van der Waals surface area contributed by atoms with Gasteiger partial charge in [0.2, 0.25) is 0 Å². The van der Waals surface area contributed by atoms with Crippen LogP contribution in [0.5, 0.6) is 0 Å². The summed E-state index contributed by atoms with van der Waals surface area (Å²) in [7, 11) is 0. The maximum Gasteiger partial charge on any atom is 0.322 e. The number of benzene rings is 1. The Morgan fingerprint density at radius 3 is 2.66 bits per heavy atom. The van der Waals surface area contributed by atoms with Gasteiger partial charge in [-0.15, -0.1) is 5.10 Å². The topological polar surface area (TPSA) is 75.5 Å². The molecule has 0 spiro atoms. The zero-order valence-electron chi connectivity index (χ0n) is 17.2. The molecule has 2 bridgehead atoms. The van der Waals surface area contributed by atoms with E-state index in [0.29, 0.717) is 11.3 Å². The SMILES string of the molecule is O=C(Nc1ccc(F)c(-n2cc3cc(N4CC5CCC(C4)O5)cnc3n2)c1)N1CC(F)C1. The normalized spacial score (nSPS) is 22.9. The van der Waals surface area contributed by atoms with Gasteiger partial charge in [-0.25, -0.2) is 23.2 Å². The Balaban J connectivity index is 1.26. The maximum atomic E-state index is 14.6. The molecule has 2 amide bonds. The molecule has 3 fully saturated rings. The van der Waals surface area contributed by atoms with Crippen LogP contribution in [-0.4, -0.2) is 70.3 Å². The van der Waals surface area contributed by atoms with Crippen molar-refractivity contribution in [2.75, 3.05) is 36.4 Å². The number of aromatic nitrogens is 3. The van der Waals surface area contributed by atoms with Crippen LogP contribution in [0.3, 0.4) is 0 Å². The number of hydrogen-bond acceptors (Lipinski definition) is 5. The predicted molar refractivity (Wildman–Crippen MR) is 114 cm³/mol. The highest BCUT2D eigenvalue weighted by Crippen LogP contribution is 2.31. The first kappa shape index (κ1) is 19.4. The number of halogens is 2. The van der Waals surface area contributed by atoms with E-state index in [1.54, 1.807) is 12.4 Å². The molecule has 6 rings (SSSR count). The number of hydrogen-bond donors (Lipinski definition) is 1. The fraction of sp³-hybridized carbons (Fsp3) is 0.409. The molecule has 10 heteroatoms. The Morgan fingerprint density at radius 2 is 1.91 bits per heavy atom. The first-order chi connectivity index (χ1) is 15.5. The lowest BCUT2D eigenvalue weighted by Gasteiger charge is -2.34. The van der Waals surface area contributed by atoms with Gasteiger partial charge in [0.15, 0.2) is 5.65 Å². The van der Waals surface area contributed by atoms with Crippen LogP contribution in [0.25, 0.3) is 16.7 Å². The molecule has 0 radical (unpaired) electrons. The van der Waals surface area contributed by atoms with Crippen molar-refractivity contribution in [1.82, 2.24) is 19.7 Å². The van der Waals surface area contributed by atoms with E-state index in [9.17, 15) is 13.6 Å². The molecule has 166 valence electrons. The number of carbonyl (C=O) groups is 1. The van der Waals surface area contributed by atoms with Crippen LogP contribution in [0.4, 0.5) is 25.0 Å². The molecular formula is C22H22F2N6O2. The summed E-state index contributed by atoms with van der Waals surface area (Å²) >= 11 is 0. The van der Waals surface area contributed by atoms with Crippen molar-refractivity contribution in [3.05, 3.63) is 42.5 Å². The summed E-state index contributed by atoms with van der Waals surface area (Å²) in [6, 6.07) is 5.85. The molecule has 3 aliphatic heterocycles. The summed E-state index contributed by atoms with van der Waals surface area (Å²) < 4.78 is 34.9. The highest BCUT2D eigenvalue weighted by Gasteiger charge is 2.34. The second-order valence-corrected chi connectivity index (χ2v) is 8.64. The number of ether oxygens (including phenoxy) is 1. The maximum absolute atomic E-state index is 14.6. The predicted octanol–water partition coefficient (Wildman–Crippen LogP) is 3.11. The van der Waals surface area contributed by atoms with Crippen molar-refractivity contribution in [3.8, 4) is 5.69 Å². The second kappa shape index (κ2) is 7.40. The number of carbonyl (C=O) groups excluding carboxylic acids is 1. The van der Waals surface area contributed by atoms with E-state index in [1.165, 1.54) is 27.8 Å². The number of likely N-dealkylation sites (tertiary alicyclic amines) is 1. The average Bonchev–Trinajstić information content (AvgIpc) is 3.34. The Bertz CT molecular complexity index is 1180. The number of fused-ring (bicyclic) bond motifs is 3. The molecule has 2 atom stereocenters. The molecular weight excluding hydrogens is 418 g/mol. The van der Waals surface area contributed by atoms with Crippen LogP contribution < -0.4 is 10.2 Å². The van der Waals surface area contributed by atoms with Crippen LogP contribution in [0.1, 0.15) is 12.8 Å². The summed E-state index contributed by atoms with van der Waals surface area (Å²) in [5.74, 6) is -0.478. The summed E-state index contributed by atoms with van der Waals surface area (Å²) in [6.45, 7) is 1.83.